The average molecular weight is 441 g/mol. The second kappa shape index (κ2) is 7.12. The van der Waals surface area contributed by atoms with Crippen molar-refractivity contribution in [3.8, 4) is 0 Å². The van der Waals surface area contributed by atoms with Crippen LogP contribution in [-0.2, 0) is 14.6 Å². The molecule has 0 spiro atoms. The second-order valence-corrected chi connectivity index (χ2v) is 7.44. The number of carbonyl (C=O) groups is 1. The van der Waals surface area contributed by atoms with Crippen molar-refractivity contribution >= 4 is 31.7 Å². The van der Waals surface area contributed by atoms with Gasteiger partial charge in [-0.3, -0.25) is 0 Å². The zero-order valence-electron chi connectivity index (χ0n) is 12.4. The fourth-order valence-electron chi connectivity index (χ4n) is 1.96. The van der Waals surface area contributed by atoms with Crippen LogP contribution in [-0.4, -0.2) is 21.0 Å². The maximum absolute atomic E-state index is 14.2. The number of halogens is 5. The number of ether oxygens (including phenoxy) is 1. The van der Waals surface area contributed by atoms with E-state index in [1.54, 1.807) is 0 Å². The molecular formula is C15H9BrF4O4S. The molecule has 0 aliphatic rings. The van der Waals surface area contributed by atoms with Crippen molar-refractivity contribution in [3.05, 3.63) is 57.6 Å². The smallest absolute Gasteiger partial charge is 0.344 e. The van der Waals surface area contributed by atoms with E-state index in [4.69, 9.17) is 0 Å². The molecule has 0 bridgehead atoms. The van der Waals surface area contributed by atoms with Crippen LogP contribution < -0.4 is 0 Å². The van der Waals surface area contributed by atoms with Gasteiger partial charge in [-0.15, -0.1) is 0 Å². The third-order valence-electron chi connectivity index (χ3n) is 3.10. The van der Waals surface area contributed by atoms with Crippen molar-refractivity contribution in [2.45, 2.75) is 16.7 Å². The van der Waals surface area contributed by atoms with Crippen LogP contribution >= 0.6 is 15.9 Å². The highest BCUT2D eigenvalue weighted by Gasteiger charge is 2.36. The van der Waals surface area contributed by atoms with Gasteiger partial charge in [-0.1, -0.05) is 15.9 Å². The Hall–Kier alpha value is -1.94. The summed E-state index contributed by atoms with van der Waals surface area (Å²) in [4.78, 5) is 9.06. The SMILES string of the molecule is CCOC(=O)c1c(F)c(F)c(S(=O)(=O)c2ccc(Br)cc2)c(F)c1F. The topological polar surface area (TPSA) is 60.4 Å². The van der Waals surface area contributed by atoms with Crippen LogP contribution in [0.3, 0.4) is 0 Å². The number of carbonyl (C=O) groups excluding carboxylic acids is 1. The minimum Gasteiger partial charge on any atom is -0.462 e. The van der Waals surface area contributed by atoms with Gasteiger partial charge in [-0.05, 0) is 31.2 Å². The third-order valence-corrected chi connectivity index (χ3v) is 5.41. The van der Waals surface area contributed by atoms with Crippen LogP contribution in [0.15, 0.2) is 38.5 Å². The van der Waals surface area contributed by atoms with Gasteiger partial charge in [0, 0.05) is 4.47 Å². The molecule has 2 rings (SSSR count). The molecule has 0 fully saturated rings. The number of esters is 1. The fraction of sp³-hybridized carbons (Fsp3) is 0.133. The van der Waals surface area contributed by atoms with Gasteiger partial charge in [0.1, 0.15) is 10.5 Å². The molecule has 0 aromatic heterocycles. The summed E-state index contributed by atoms with van der Waals surface area (Å²) in [5.74, 6) is -10.3. The standard InChI is InChI=1S/C15H9BrF4O4S/c1-2-24-15(21)9-10(17)12(19)14(13(20)11(9)18)25(22,23)8-5-3-7(16)4-6-8/h3-6H,2H2,1H3. The summed E-state index contributed by atoms with van der Waals surface area (Å²) in [5.41, 5.74) is -1.63. The first-order valence-electron chi connectivity index (χ1n) is 6.66. The van der Waals surface area contributed by atoms with E-state index < -0.39 is 54.4 Å². The highest BCUT2D eigenvalue weighted by atomic mass is 79.9. The van der Waals surface area contributed by atoms with E-state index in [1.807, 2.05) is 0 Å². The van der Waals surface area contributed by atoms with E-state index in [9.17, 15) is 30.8 Å². The van der Waals surface area contributed by atoms with Crippen LogP contribution in [0.2, 0.25) is 0 Å². The molecule has 0 N–H and O–H groups in total. The van der Waals surface area contributed by atoms with Crippen molar-refractivity contribution < 1.29 is 35.5 Å². The first-order chi connectivity index (χ1) is 11.6. The first-order valence-corrected chi connectivity index (χ1v) is 8.94. The fourth-order valence-corrected chi connectivity index (χ4v) is 3.61. The maximum Gasteiger partial charge on any atom is 0.344 e. The molecule has 2 aromatic carbocycles. The lowest BCUT2D eigenvalue weighted by molar-refractivity contribution is 0.0511. The van der Waals surface area contributed by atoms with Gasteiger partial charge in [0.15, 0.2) is 23.3 Å². The average Bonchev–Trinajstić information content (AvgIpc) is 2.54. The Balaban J connectivity index is 2.76. The number of hydrogen-bond donors (Lipinski definition) is 0. The van der Waals surface area contributed by atoms with E-state index in [0.29, 0.717) is 4.47 Å². The number of rotatable bonds is 4. The lowest BCUT2D eigenvalue weighted by Gasteiger charge is -2.12. The van der Waals surface area contributed by atoms with Gasteiger partial charge in [0.2, 0.25) is 9.84 Å². The molecule has 134 valence electrons. The van der Waals surface area contributed by atoms with Gasteiger partial charge < -0.3 is 4.74 Å². The zero-order valence-corrected chi connectivity index (χ0v) is 14.9. The van der Waals surface area contributed by atoms with Crippen LogP contribution in [0.1, 0.15) is 17.3 Å². The Morgan fingerprint density at radius 3 is 1.92 bits per heavy atom. The summed E-state index contributed by atoms with van der Waals surface area (Å²) in [7, 11) is -4.92. The molecule has 0 aliphatic carbocycles. The molecule has 4 nitrogen and oxygen atoms in total. The Morgan fingerprint density at radius 2 is 1.48 bits per heavy atom. The van der Waals surface area contributed by atoms with E-state index >= 15 is 0 Å². The van der Waals surface area contributed by atoms with Crippen molar-refractivity contribution in [3.63, 3.8) is 0 Å². The molecule has 25 heavy (non-hydrogen) atoms. The number of sulfone groups is 1. The van der Waals surface area contributed by atoms with Gasteiger partial charge in [-0.25, -0.2) is 30.8 Å². The molecule has 0 radical (unpaired) electrons. The second-order valence-electron chi connectivity index (χ2n) is 4.64. The van der Waals surface area contributed by atoms with Gasteiger partial charge in [0.25, 0.3) is 0 Å². The molecule has 10 heteroatoms. The molecule has 0 saturated heterocycles. The lowest BCUT2D eigenvalue weighted by Crippen LogP contribution is -2.18. The Kier molecular flexibility index (Phi) is 5.52. The summed E-state index contributed by atoms with van der Waals surface area (Å²) in [6.45, 7) is 1.01. The van der Waals surface area contributed by atoms with Gasteiger partial charge in [-0.2, -0.15) is 0 Å². The van der Waals surface area contributed by atoms with Crippen molar-refractivity contribution in [1.29, 1.82) is 0 Å². The van der Waals surface area contributed by atoms with Crippen LogP contribution in [0.4, 0.5) is 17.6 Å². The number of benzene rings is 2. The van der Waals surface area contributed by atoms with Gasteiger partial charge in [0.05, 0.1) is 11.5 Å². The summed E-state index contributed by atoms with van der Waals surface area (Å²) in [6.07, 6.45) is 0. The predicted octanol–water partition coefficient (Wildman–Crippen LogP) is 4.02. The molecule has 0 atom stereocenters. The molecule has 0 heterocycles. The molecule has 0 saturated carbocycles. The number of hydrogen-bond acceptors (Lipinski definition) is 4. The third kappa shape index (κ3) is 3.40. The van der Waals surface area contributed by atoms with E-state index in [2.05, 4.69) is 20.7 Å². The Bertz CT molecular complexity index is 914. The van der Waals surface area contributed by atoms with Crippen LogP contribution in [0.5, 0.6) is 0 Å². The van der Waals surface area contributed by atoms with Crippen LogP contribution in [0, 0.1) is 23.3 Å². The minimum absolute atomic E-state index is 0.306. The summed E-state index contributed by atoms with van der Waals surface area (Å²) in [6, 6.07) is 4.52. The molecule has 0 aliphatic heterocycles. The Labute approximate surface area is 148 Å². The quantitative estimate of drug-likeness (QED) is 0.409. The van der Waals surface area contributed by atoms with E-state index in [-0.39, 0.29) is 6.61 Å². The maximum atomic E-state index is 14.2. The zero-order chi connectivity index (χ0) is 18.9. The largest absolute Gasteiger partial charge is 0.462 e. The van der Waals surface area contributed by atoms with Crippen molar-refractivity contribution in [2.75, 3.05) is 6.61 Å². The summed E-state index contributed by atoms with van der Waals surface area (Å²) in [5, 5.41) is 0. The lowest BCUT2D eigenvalue weighted by atomic mass is 10.2. The normalized spacial score (nSPS) is 11.4. The van der Waals surface area contributed by atoms with Crippen molar-refractivity contribution in [1.82, 2.24) is 0 Å². The molecule has 0 amide bonds. The van der Waals surface area contributed by atoms with E-state index in [1.165, 1.54) is 19.1 Å². The summed E-state index contributed by atoms with van der Waals surface area (Å²) < 4.78 is 85.9. The Morgan fingerprint density at radius 1 is 1.00 bits per heavy atom. The molecular weight excluding hydrogens is 432 g/mol. The first kappa shape index (κ1) is 19.4. The van der Waals surface area contributed by atoms with Crippen molar-refractivity contribution in [2.24, 2.45) is 0 Å². The van der Waals surface area contributed by atoms with Gasteiger partial charge >= 0.3 is 5.97 Å². The van der Waals surface area contributed by atoms with Crippen LogP contribution in [0.25, 0.3) is 0 Å². The summed E-state index contributed by atoms with van der Waals surface area (Å²) >= 11 is 3.05. The monoisotopic (exact) mass is 440 g/mol. The predicted molar refractivity (Wildman–Crippen MR) is 81.8 cm³/mol. The minimum atomic E-state index is -4.92. The molecule has 2 aromatic rings. The molecule has 0 unspecified atom stereocenters. The highest BCUT2D eigenvalue weighted by molar-refractivity contribution is 9.10. The van der Waals surface area contributed by atoms with E-state index in [0.717, 1.165) is 12.1 Å². The highest BCUT2D eigenvalue weighted by Crippen LogP contribution is 2.32.